The number of nitrogens with one attached hydrogen (secondary N) is 2. The van der Waals surface area contributed by atoms with Crippen LogP contribution in [0.5, 0.6) is 0 Å². The van der Waals surface area contributed by atoms with Crippen LogP contribution in [0.25, 0.3) is 0 Å². The van der Waals surface area contributed by atoms with E-state index in [1.165, 1.54) is 12.1 Å². The van der Waals surface area contributed by atoms with E-state index in [0.717, 1.165) is 11.3 Å². The molecule has 2 amide bonds. The summed E-state index contributed by atoms with van der Waals surface area (Å²) in [5, 5.41) is 15.3. The van der Waals surface area contributed by atoms with Crippen LogP contribution >= 0.6 is 11.6 Å². The van der Waals surface area contributed by atoms with Crippen LogP contribution < -0.4 is 10.6 Å². The van der Waals surface area contributed by atoms with E-state index >= 15 is 0 Å². The monoisotopic (exact) mass is 390 g/mol. The Morgan fingerprint density at radius 1 is 1.26 bits per heavy atom. The van der Waals surface area contributed by atoms with Crippen molar-refractivity contribution >= 4 is 29.1 Å². The zero-order valence-corrected chi connectivity index (χ0v) is 15.3. The molecule has 3 N–H and O–H groups in total. The van der Waals surface area contributed by atoms with Crippen molar-refractivity contribution in [1.82, 2.24) is 5.32 Å². The van der Waals surface area contributed by atoms with Crippen molar-refractivity contribution in [3.63, 3.8) is 0 Å². The fraction of sp³-hybridized carbons (Fsp3) is 0.300. The summed E-state index contributed by atoms with van der Waals surface area (Å²) in [6, 6.07) is 11.7. The van der Waals surface area contributed by atoms with Gasteiger partial charge in [0.15, 0.2) is 0 Å². The minimum atomic E-state index is -0.533. The van der Waals surface area contributed by atoms with E-state index in [1.807, 2.05) is 18.2 Å². The van der Waals surface area contributed by atoms with Crippen LogP contribution in [0.4, 0.5) is 10.1 Å². The van der Waals surface area contributed by atoms with Crippen LogP contribution in [0.2, 0.25) is 5.02 Å². The Bertz CT molecular complexity index is 839. The summed E-state index contributed by atoms with van der Waals surface area (Å²) in [4.78, 5) is 24.4. The average Bonchev–Trinajstić information content (AvgIpc) is 2.96. The maximum Gasteiger partial charge on any atom is 0.232 e. The summed E-state index contributed by atoms with van der Waals surface area (Å²) >= 11 is 6.02. The summed E-state index contributed by atoms with van der Waals surface area (Å²) in [6.45, 7) is -0.0618. The lowest BCUT2D eigenvalue weighted by atomic mass is 9.96. The van der Waals surface area contributed by atoms with Crippen molar-refractivity contribution in [2.24, 2.45) is 5.92 Å². The molecule has 2 unspecified atom stereocenters. The quantitative estimate of drug-likeness (QED) is 0.680. The summed E-state index contributed by atoms with van der Waals surface area (Å²) < 4.78 is 13.9. The molecule has 0 aromatic heterocycles. The van der Waals surface area contributed by atoms with E-state index < -0.39 is 11.7 Å². The molecule has 1 heterocycles. The number of carbonyl (C=O) groups excluding carboxylic acids is 2. The normalized spacial score (nSPS) is 16.6. The van der Waals surface area contributed by atoms with Crippen molar-refractivity contribution < 1.29 is 19.1 Å². The zero-order chi connectivity index (χ0) is 19.4. The summed E-state index contributed by atoms with van der Waals surface area (Å²) in [7, 11) is 0. The van der Waals surface area contributed by atoms with Gasteiger partial charge in [-0.25, -0.2) is 4.39 Å². The summed E-state index contributed by atoms with van der Waals surface area (Å²) in [6.07, 6.45) is 0.219. The molecule has 0 saturated carbocycles. The second-order valence-electron chi connectivity index (χ2n) is 6.59. The Hall–Kier alpha value is -2.44. The summed E-state index contributed by atoms with van der Waals surface area (Å²) in [5.74, 6) is -1.86. The number of anilines is 1. The lowest BCUT2D eigenvalue weighted by Crippen LogP contribution is -2.33. The molecule has 2 aromatic rings. The number of aliphatic hydroxyl groups is 1. The molecule has 2 atom stereocenters. The van der Waals surface area contributed by atoms with Gasteiger partial charge in [0.1, 0.15) is 5.82 Å². The molecule has 1 aliphatic heterocycles. The maximum atomic E-state index is 13.9. The van der Waals surface area contributed by atoms with Gasteiger partial charge in [0.2, 0.25) is 11.8 Å². The first-order chi connectivity index (χ1) is 13.0. The van der Waals surface area contributed by atoms with Gasteiger partial charge in [0.05, 0.1) is 5.92 Å². The second-order valence-corrected chi connectivity index (χ2v) is 7.00. The zero-order valence-electron chi connectivity index (χ0n) is 14.5. The van der Waals surface area contributed by atoms with Crippen molar-refractivity contribution in [1.29, 1.82) is 0 Å². The van der Waals surface area contributed by atoms with Crippen LogP contribution in [-0.4, -0.2) is 30.1 Å². The molecule has 0 fully saturated rings. The van der Waals surface area contributed by atoms with E-state index in [0.29, 0.717) is 10.6 Å². The smallest absolute Gasteiger partial charge is 0.232 e. The van der Waals surface area contributed by atoms with Gasteiger partial charge in [-0.15, -0.1) is 0 Å². The van der Waals surface area contributed by atoms with Crippen LogP contribution in [0, 0.1) is 11.7 Å². The first kappa shape index (κ1) is 19.3. The summed E-state index contributed by atoms with van der Waals surface area (Å²) in [5.41, 5.74) is 1.84. The highest BCUT2D eigenvalue weighted by Crippen LogP contribution is 2.34. The highest BCUT2D eigenvalue weighted by Gasteiger charge is 2.31. The van der Waals surface area contributed by atoms with Crippen molar-refractivity contribution in [3.8, 4) is 0 Å². The highest BCUT2D eigenvalue weighted by atomic mass is 35.5. The van der Waals surface area contributed by atoms with E-state index in [-0.39, 0.29) is 43.7 Å². The van der Waals surface area contributed by atoms with Crippen LogP contribution in [0.3, 0.4) is 0 Å². The van der Waals surface area contributed by atoms with E-state index in [4.69, 9.17) is 11.6 Å². The third-order valence-electron chi connectivity index (χ3n) is 4.70. The average molecular weight is 391 g/mol. The van der Waals surface area contributed by atoms with Gasteiger partial charge < -0.3 is 15.7 Å². The van der Waals surface area contributed by atoms with Crippen molar-refractivity contribution in [2.45, 2.75) is 18.8 Å². The number of para-hydroxylation sites is 1. The number of hydrogen-bond acceptors (Lipinski definition) is 3. The first-order valence-corrected chi connectivity index (χ1v) is 9.07. The molecule has 3 rings (SSSR count). The molecule has 0 spiro atoms. The van der Waals surface area contributed by atoms with E-state index in [1.54, 1.807) is 12.1 Å². The number of rotatable bonds is 7. The fourth-order valence-corrected chi connectivity index (χ4v) is 3.45. The minimum Gasteiger partial charge on any atom is -0.396 e. The maximum absolute atomic E-state index is 13.9. The largest absolute Gasteiger partial charge is 0.396 e. The lowest BCUT2D eigenvalue weighted by Gasteiger charge is -2.17. The number of amides is 2. The third kappa shape index (κ3) is 4.46. The van der Waals surface area contributed by atoms with Gasteiger partial charge in [-0.05, 0) is 30.2 Å². The van der Waals surface area contributed by atoms with Gasteiger partial charge in [0, 0.05) is 41.8 Å². The predicted molar refractivity (Wildman–Crippen MR) is 101 cm³/mol. The fourth-order valence-electron chi connectivity index (χ4n) is 3.21. The topological polar surface area (TPSA) is 78.4 Å². The Kier molecular flexibility index (Phi) is 6.08. The molecule has 2 aromatic carbocycles. The number of fused-ring (bicyclic) bond motifs is 1. The SMILES string of the molecule is O=C(CC1C(=O)Nc2ccccc21)NCC(CO)Cc1c(F)cccc1Cl. The number of carbonyl (C=O) groups is 2. The van der Waals surface area contributed by atoms with Crippen LogP contribution in [-0.2, 0) is 16.0 Å². The Balaban J connectivity index is 1.57. The molecule has 0 bridgehead atoms. The van der Waals surface area contributed by atoms with Crippen LogP contribution in [0.15, 0.2) is 42.5 Å². The van der Waals surface area contributed by atoms with Gasteiger partial charge in [-0.2, -0.15) is 0 Å². The molecule has 5 nitrogen and oxygen atoms in total. The van der Waals surface area contributed by atoms with Crippen molar-refractivity contribution in [3.05, 3.63) is 64.4 Å². The van der Waals surface area contributed by atoms with E-state index in [2.05, 4.69) is 10.6 Å². The predicted octanol–water partition coefficient (Wildman–Crippen LogP) is 2.87. The van der Waals surface area contributed by atoms with E-state index in [9.17, 15) is 19.1 Å². The standard InChI is InChI=1S/C20H20ClFN2O3/c21-16-5-3-6-17(22)15(16)8-12(11-25)10-23-19(26)9-14-13-4-1-2-7-18(13)24-20(14)27/h1-7,12,14,25H,8-11H2,(H,23,26)(H,24,27). The van der Waals surface area contributed by atoms with Gasteiger partial charge in [-0.1, -0.05) is 35.9 Å². The molecule has 0 radical (unpaired) electrons. The number of halogens is 2. The second kappa shape index (κ2) is 8.50. The Morgan fingerprint density at radius 2 is 2.04 bits per heavy atom. The molecule has 0 aliphatic carbocycles. The third-order valence-corrected chi connectivity index (χ3v) is 5.05. The first-order valence-electron chi connectivity index (χ1n) is 8.69. The van der Waals surface area contributed by atoms with Crippen molar-refractivity contribution in [2.75, 3.05) is 18.5 Å². The van der Waals surface area contributed by atoms with Gasteiger partial charge in [0.25, 0.3) is 0 Å². The van der Waals surface area contributed by atoms with Crippen LogP contribution in [0.1, 0.15) is 23.5 Å². The number of aliphatic hydroxyl groups excluding tert-OH is 1. The molecular formula is C20H20ClFN2O3. The molecule has 142 valence electrons. The minimum absolute atomic E-state index is 0.0153. The molecule has 7 heteroatoms. The number of benzene rings is 2. The molecule has 27 heavy (non-hydrogen) atoms. The number of hydrogen-bond donors (Lipinski definition) is 3. The Morgan fingerprint density at radius 3 is 2.78 bits per heavy atom. The highest BCUT2D eigenvalue weighted by molar-refractivity contribution is 6.31. The molecular weight excluding hydrogens is 371 g/mol. The van der Waals surface area contributed by atoms with Gasteiger partial charge >= 0.3 is 0 Å². The lowest BCUT2D eigenvalue weighted by molar-refractivity contribution is -0.125. The van der Waals surface area contributed by atoms with Gasteiger partial charge in [-0.3, -0.25) is 9.59 Å². The molecule has 1 aliphatic rings. The molecule has 0 saturated heterocycles. The Labute approximate surface area is 161 Å².